The smallest absolute Gasteiger partial charge is 0.220 e. The molecule has 1 atom stereocenters. The fourth-order valence-corrected chi connectivity index (χ4v) is 3.41. The molecule has 1 amide bonds. The topological polar surface area (TPSA) is 64.0 Å². The molecule has 0 saturated carbocycles. The van der Waals surface area contributed by atoms with E-state index in [9.17, 15) is 9.59 Å². The Labute approximate surface area is 178 Å². The third-order valence-corrected chi connectivity index (χ3v) is 5.07. The first-order valence-corrected chi connectivity index (χ1v) is 10.4. The van der Waals surface area contributed by atoms with E-state index >= 15 is 0 Å². The quantitative estimate of drug-likeness (QED) is 0.516. The lowest BCUT2D eigenvalue weighted by Crippen LogP contribution is -2.27. The zero-order chi connectivity index (χ0) is 21.5. The number of carbonyl (C=O) groups is 2. The Bertz CT molecular complexity index is 959. The first kappa shape index (κ1) is 21.5. The van der Waals surface area contributed by atoms with Gasteiger partial charge in [-0.25, -0.2) is 4.98 Å². The van der Waals surface area contributed by atoms with E-state index in [0.717, 1.165) is 17.7 Å². The van der Waals surface area contributed by atoms with Crippen molar-refractivity contribution in [2.45, 2.75) is 46.1 Å². The van der Waals surface area contributed by atoms with Crippen molar-refractivity contribution in [2.24, 2.45) is 5.92 Å². The second kappa shape index (κ2) is 10.0. The Kier molecular flexibility index (Phi) is 7.17. The number of hydrogen-bond acceptors (Lipinski definition) is 3. The van der Waals surface area contributed by atoms with Crippen molar-refractivity contribution in [1.29, 1.82) is 0 Å². The molecule has 0 fully saturated rings. The molecule has 5 nitrogen and oxygen atoms in total. The summed E-state index contributed by atoms with van der Waals surface area (Å²) in [7, 11) is 0. The van der Waals surface area contributed by atoms with Gasteiger partial charge in [0.05, 0.1) is 12.4 Å². The van der Waals surface area contributed by atoms with E-state index in [1.165, 1.54) is 5.56 Å². The van der Waals surface area contributed by atoms with E-state index in [1.807, 2.05) is 66.2 Å². The molecule has 1 unspecified atom stereocenters. The first-order valence-electron chi connectivity index (χ1n) is 10.4. The monoisotopic (exact) mass is 403 g/mol. The van der Waals surface area contributed by atoms with E-state index < -0.39 is 0 Å². The number of amides is 1. The second-order valence-corrected chi connectivity index (χ2v) is 8.07. The summed E-state index contributed by atoms with van der Waals surface area (Å²) in [5.41, 5.74) is 3.92. The predicted octanol–water partition coefficient (Wildman–Crippen LogP) is 4.91. The maximum atomic E-state index is 12.4. The Balaban J connectivity index is 1.48. The van der Waals surface area contributed by atoms with Crippen LogP contribution >= 0.6 is 0 Å². The molecule has 1 N–H and O–H groups in total. The van der Waals surface area contributed by atoms with Crippen molar-refractivity contribution >= 4 is 11.7 Å². The largest absolute Gasteiger partial charge is 0.350 e. The van der Waals surface area contributed by atoms with Crippen LogP contribution in [0.5, 0.6) is 0 Å². The lowest BCUT2D eigenvalue weighted by atomic mass is 9.99. The van der Waals surface area contributed by atoms with E-state index in [-0.39, 0.29) is 30.6 Å². The molecule has 0 radical (unpaired) electrons. The molecular weight excluding hydrogens is 374 g/mol. The van der Waals surface area contributed by atoms with Gasteiger partial charge in [0.1, 0.15) is 0 Å². The number of carbonyl (C=O) groups excluding carboxylic acids is 2. The molecule has 1 heterocycles. The number of Topliss-reactive ketones (excluding diaryl/α,β-unsaturated/α-hetero) is 1. The Morgan fingerprint density at radius 1 is 0.967 bits per heavy atom. The molecule has 3 aromatic rings. The van der Waals surface area contributed by atoms with Crippen LogP contribution in [-0.4, -0.2) is 21.2 Å². The average molecular weight is 404 g/mol. The Hall–Kier alpha value is -3.21. The molecule has 5 heteroatoms. The molecule has 3 rings (SSSR count). The van der Waals surface area contributed by atoms with E-state index in [4.69, 9.17) is 0 Å². The van der Waals surface area contributed by atoms with Crippen LogP contribution in [0, 0.1) is 5.92 Å². The van der Waals surface area contributed by atoms with Gasteiger partial charge in [-0.05, 0) is 42.5 Å². The maximum Gasteiger partial charge on any atom is 0.220 e. The van der Waals surface area contributed by atoms with Gasteiger partial charge in [0.2, 0.25) is 5.91 Å². The van der Waals surface area contributed by atoms with Crippen molar-refractivity contribution in [2.75, 3.05) is 0 Å². The molecule has 0 bridgehead atoms. The van der Waals surface area contributed by atoms with Gasteiger partial charge in [-0.3, -0.25) is 9.59 Å². The summed E-state index contributed by atoms with van der Waals surface area (Å²) in [5, 5.41) is 2.98. The van der Waals surface area contributed by atoms with Crippen molar-refractivity contribution < 1.29 is 9.59 Å². The first-order chi connectivity index (χ1) is 14.4. The van der Waals surface area contributed by atoms with Gasteiger partial charge in [0.25, 0.3) is 0 Å². The molecule has 0 spiro atoms. The summed E-state index contributed by atoms with van der Waals surface area (Å²) in [5.74, 6) is 0.462. The Morgan fingerprint density at radius 2 is 1.67 bits per heavy atom. The third kappa shape index (κ3) is 5.89. The van der Waals surface area contributed by atoms with Crippen LogP contribution in [0.3, 0.4) is 0 Å². The summed E-state index contributed by atoms with van der Waals surface area (Å²) in [4.78, 5) is 28.8. The second-order valence-electron chi connectivity index (χ2n) is 8.07. The van der Waals surface area contributed by atoms with Crippen molar-refractivity contribution in [1.82, 2.24) is 14.9 Å². The zero-order valence-corrected chi connectivity index (χ0v) is 17.8. The number of hydrogen-bond donors (Lipinski definition) is 1. The van der Waals surface area contributed by atoms with Crippen LogP contribution in [0.15, 0.2) is 67.3 Å². The molecule has 156 valence electrons. The normalized spacial score (nSPS) is 12.0. The summed E-state index contributed by atoms with van der Waals surface area (Å²) in [6.07, 6.45) is 6.76. The highest BCUT2D eigenvalue weighted by Gasteiger charge is 2.13. The zero-order valence-electron chi connectivity index (χ0n) is 17.8. The fraction of sp³-hybridized carbons (Fsp3) is 0.320. The molecule has 0 aliphatic rings. The molecule has 0 saturated heterocycles. The standard InChI is InChI=1S/C25H29N3O2/c1-18(2)16-20-4-6-22(7-5-20)24(29)12-13-25(30)27-19(3)21-8-10-23(11-9-21)28-15-14-26-17-28/h4-11,14-15,17-19H,12-13,16H2,1-3H3,(H,27,30). The highest BCUT2D eigenvalue weighted by Crippen LogP contribution is 2.16. The minimum absolute atomic E-state index is 0.00131. The third-order valence-electron chi connectivity index (χ3n) is 5.07. The van der Waals surface area contributed by atoms with Crippen molar-refractivity contribution in [3.05, 3.63) is 83.9 Å². The van der Waals surface area contributed by atoms with Crippen LogP contribution in [-0.2, 0) is 11.2 Å². The van der Waals surface area contributed by atoms with Gasteiger partial charge >= 0.3 is 0 Å². The molecule has 0 aliphatic carbocycles. The summed E-state index contributed by atoms with van der Waals surface area (Å²) >= 11 is 0. The molecule has 2 aromatic carbocycles. The number of benzene rings is 2. The van der Waals surface area contributed by atoms with Crippen molar-refractivity contribution in [3.8, 4) is 5.69 Å². The highest BCUT2D eigenvalue weighted by molar-refractivity contribution is 5.98. The van der Waals surface area contributed by atoms with Crippen LogP contribution < -0.4 is 5.32 Å². The fourth-order valence-electron chi connectivity index (χ4n) is 3.41. The number of rotatable bonds is 9. The number of nitrogens with one attached hydrogen (secondary N) is 1. The van der Waals surface area contributed by atoms with Crippen LogP contribution in [0.4, 0.5) is 0 Å². The van der Waals surface area contributed by atoms with Gasteiger partial charge < -0.3 is 9.88 Å². The lowest BCUT2D eigenvalue weighted by Gasteiger charge is -2.15. The number of nitrogens with zero attached hydrogens (tertiary/aromatic N) is 2. The maximum absolute atomic E-state index is 12.4. The molecule has 1 aromatic heterocycles. The van der Waals surface area contributed by atoms with Crippen molar-refractivity contribution in [3.63, 3.8) is 0 Å². The average Bonchev–Trinajstić information content (AvgIpc) is 3.27. The number of aromatic nitrogens is 2. The van der Waals surface area contributed by atoms with Gasteiger partial charge in [0, 0.05) is 36.5 Å². The molecule has 0 aliphatic heterocycles. The Morgan fingerprint density at radius 3 is 2.27 bits per heavy atom. The van der Waals surface area contributed by atoms with E-state index in [1.54, 1.807) is 12.5 Å². The van der Waals surface area contributed by atoms with Gasteiger partial charge in [-0.2, -0.15) is 0 Å². The highest BCUT2D eigenvalue weighted by atomic mass is 16.2. The van der Waals surface area contributed by atoms with E-state index in [0.29, 0.717) is 11.5 Å². The summed E-state index contributed by atoms with van der Waals surface area (Å²) in [6, 6.07) is 15.6. The molecular formula is C25H29N3O2. The van der Waals surface area contributed by atoms with Gasteiger partial charge in [0.15, 0.2) is 5.78 Å². The van der Waals surface area contributed by atoms with Crippen LogP contribution in [0.2, 0.25) is 0 Å². The van der Waals surface area contributed by atoms with Gasteiger partial charge in [-0.15, -0.1) is 0 Å². The van der Waals surface area contributed by atoms with E-state index in [2.05, 4.69) is 24.1 Å². The number of imidazole rings is 1. The summed E-state index contributed by atoms with van der Waals surface area (Å²) in [6.45, 7) is 6.29. The number of ketones is 1. The summed E-state index contributed by atoms with van der Waals surface area (Å²) < 4.78 is 1.92. The predicted molar refractivity (Wildman–Crippen MR) is 119 cm³/mol. The lowest BCUT2D eigenvalue weighted by molar-refractivity contribution is -0.121. The molecule has 30 heavy (non-hydrogen) atoms. The van der Waals surface area contributed by atoms with Crippen LogP contribution in [0.1, 0.15) is 61.1 Å². The minimum Gasteiger partial charge on any atom is -0.350 e. The SMILES string of the molecule is CC(C)Cc1ccc(C(=O)CCC(=O)NC(C)c2ccc(-n3ccnc3)cc2)cc1. The minimum atomic E-state index is -0.125. The van der Waals surface area contributed by atoms with Crippen LogP contribution in [0.25, 0.3) is 5.69 Å². The van der Waals surface area contributed by atoms with Gasteiger partial charge in [-0.1, -0.05) is 50.2 Å².